The molecule has 4 rings (SSSR count). The molecular weight excluding hydrogens is 428 g/mol. The lowest BCUT2D eigenvalue weighted by molar-refractivity contribution is -0.132. The molecule has 2 aromatic carbocycles. The average Bonchev–Trinajstić information content (AvgIpc) is 3.30. The zero-order valence-electron chi connectivity index (χ0n) is 20.3. The number of hydrogen-bond acceptors (Lipinski definition) is 4. The molecule has 0 unspecified atom stereocenters. The summed E-state index contributed by atoms with van der Waals surface area (Å²) < 4.78 is 11.7. The molecule has 0 saturated carbocycles. The van der Waals surface area contributed by atoms with E-state index in [1.807, 2.05) is 43.9 Å². The monoisotopic (exact) mass is 460 g/mol. The summed E-state index contributed by atoms with van der Waals surface area (Å²) in [5.74, 6) is 1.45. The van der Waals surface area contributed by atoms with E-state index in [1.165, 1.54) is 5.56 Å². The Bertz CT molecular complexity index is 1180. The highest BCUT2D eigenvalue weighted by molar-refractivity contribution is 5.91. The van der Waals surface area contributed by atoms with E-state index in [0.29, 0.717) is 24.5 Å². The molecule has 178 valence electrons. The van der Waals surface area contributed by atoms with Gasteiger partial charge in [0, 0.05) is 19.0 Å². The average molecular weight is 461 g/mol. The summed E-state index contributed by atoms with van der Waals surface area (Å²) in [6.07, 6.45) is 1.29. The first kappa shape index (κ1) is 23.6. The van der Waals surface area contributed by atoms with Crippen LogP contribution in [-0.4, -0.2) is 29.3 Å². The maximum atomic E-state index is 12.8. The lowest BCUT2D eigenvalue weighted by Crippen LogP contribution is -2.40. The minimum absolute atomic E-state index is 0.0355. The van der Waals surface area contributed by atoms with Crippen LogP contribution in [0.5, 0.6) is 5.75 Å². The van der Waals surface area contributed by atoms with Crippen molar-refractivity contribution in [3.63, 3.8) is 0 Å². The quantitative estimate of drug-likeness (QED) is 0.527. The third-order valence-electron chi connectivity index (χ3n) is 6.01. The highest BCUT2D eigenvalue weighted by atomic mass is 16.5. The van der Waals surface area contributed by atoms with Crippen LogP contribution in [0.3, 0.4) is 0 Å². The van der Waals surface area contributed by atoms with Gasteiger partial charge in [-0.3, -0.25) is 9.59 Å². The van der Waals surface area contributed by atoms with Gasteiger partial charge in [0.05, 0.1) is 6.04 Å². The summed E-state index contributed by atoms with van der Waals surface area (Å²) in [5, 5.41) is 2.82. The fourth-order valence-electron chi connectivity index (χ4n) is 4.42. The lowest BCUT2D eigenvalue weighted by Gasteiger charge is -2.38. The van der Waals surface area contributed by atoms with E-state index in [-0.39, 0.29) is 36.3 Å². The fraction of sp³-hybridized carbons (Fsp3) is 0.357. The van der Waals surface area contributed by atoms with Gasteiger partial charge in [-0.05, 0) is 68.1 Å². The van der Waals surface area contributed by atoms with Crippen LogP contribution in [0.1, 0.15) is 71.8 Å². The standard InChI is InChI=1S/C28H32N2O4/c1-5-26(31)30-14-13-20-9-10-22(16-24(20)27(30)21-8-6-7-19(4)15-21)33-17-23-11-12-25(34-23)28(32)29-18(2)3/h6-12,15-16,18,27H,5,13-14,17H2,1-4H3,(H,29,32)/t27-/m1/s1. The number of rotatable bonds is 7. The third-order valence-corrected chi connectivity index (χ3v) is 6.01. The minimum Gasteiger partial charge on any atom is -0.486 e. The number of nitrogens with zero attached hydrogens (tertiary/aromatic N) is 1. The van der Waals surface area contributed by atoms with E-state index in [0.717, 1.165) is 23.1 Å². The van der Waals surface area contributed by atoms with E-state index in [9.17, 15) is 9.59 Å². The van der Waals surface area contributed by atoms with Gasteiger partial charge in [0.25, 0.3) is 5.91 Å². The number of nitrogens with one attached hydrogen (secondary N) is 1. The molecule has 0 fully saturated rings. The van der Waals surface area contributed by atoms with Crippen molar-refractivity contribution in [2.75, 3.05) is 6.54 Å². The van der Waals surface area contributed by atoms with Gasteiger partial charge in [-0.1, -0.05) is 42.8 Å². The molecule has 2 heterocycles. The first-order valence-electron chi connectivity index (χ1n) is 11.9. The molecule has 0 saturated heterocycles. The van der Waals surface area contributed by atoms with Crippen molar-refractivity contribution in [1.29, 1.82) is 0 Å². The van der Waals surface area contributed by atoms with Crippen LogP contribution in [0.25, 0.3) is 0 Å². The number of aryl methyl sites for hydroxylation is 1. The Labute approximate surface area is 200 Å². The van der Waals surface area contributed by atoms with E-state index < -0.39 is 0 Å². The van der Waals surface area contributed by atoms with Gasteiger partial charge in [0.15, 0.2) is 5.76 Å². The van der Waals surface area contributed by atoms with Crippen LogP contribution in [0, 0.1) is 6.92 Å². The number of hydrogen-bond donors (Lipinski definition) is 1. The summed E-state index contributed by atoms with van der Waals surface area (Å²) >= 11 is 0. The van der Waals surface area contributed by atoms with Crippen molar-refractivity contribution in [2.45, 2.75) is 59.2 Å². The first-order valence-corrected chi connectivity index (χ1v) is 11.9. The van der Waals surface area contributed by atoms with E-state index in [4.69, 9.17) is 9.15 Å². The second-order valence-corrected chi connectivity index (χ2v) is 9.05. The van der Waals surface area contributed by atoms with E-state index in [1.54, 1.807) is 12.1 Å². The molecule has 1 atom stereocenters. The van der Waals surface area contributed by atoms with Crippen LogP contribution in [0.2, 0.25) is 0 Å². The van der Waals surface area contributed by atoms with Gasteiger partial charge in [-0.25, -0.2) is 0 Å². The maximum absolute atomic E-state index is 12.8. The fourth-order valence-corrected chi connectivity index (χ4v) is 4.42. The van der Waals surface area contributed by atoms with Crippen LogP contribution in [0.15, 0.2) is 59.0 Å². The van der Waals surface area contributed by atoms with Gasteiger partial charge in [0.2, 0.25) is 5.91 Å². The molecule has 0 aliphatic carbocycles. The van der Waals surface area contributed by atoms with Crippen LogP contribution < -0.4 is 10.1 Å². The number of carbonyl (C=O) groups excluding carboxylic acids is 2. The Morgan fingerprint density at radius 1 is 1.15 bits per heavy atom. The molecule has 0 radical (unpaired) electrons. The zero-order valence-corrected chi connectivity index (χ0v) is 20.3. The summed E-state index contributed by atoms with van der Waals surface area (Å²) in [6.45, 7) is 8.69. The molecule has 1 aromatic heterocycles. The van der Waals surface area contributed by atoms with Gasteiger partial charge in [-0.15, -0.1) is 0 Å². The Morgan fingerprint density at radius 2 is 1.97 bits per heavy atom. The molecule has 1 aliphatic heterocycles. The van der Waals surface area contributed by atoms with Crippen LogP contribution in [0.4, 0.5) is 0 Å². The number of ether oxygens (including phenoxy) is 1. The molecule has 34 heavy (non-hydrogen) atoms. The predicted octanol–water partition coefficient (Wildman–Crippen LogP) is 5.19. The van der Waals surface area contributed by atoms with Gasteiger partial charge in [0.1, 0.15) is 18.1 Å². The normalized spacial score (nSPS) is 15.2. The summed E-state index contributed by atoms with van der Waals surface area (Å²) in [4.78, 5) is 26.9. The molecule has 0 spiro atoms. The number of amides is 2. The maximum Gasteiger partial charge on any atom is 0.287 e. The molecule has 1 aliphatic rings. The number of fused-ring (bicyclic) bond motifs is 1. The van der Waals surface area contributed by atoms with Crippen molar-refractivity contribution >= 4 is 11.8 Å². The number of furan rings is 1. The summed E-state index contributed by atoms with van der Waals surface area (Å²) in [5.41, 5.74) is 4.58. The molecule has 3 aromatic rings. The molecule has 6 heteroatoms. The molecule has 1 N–H and O–H groups in total. The summed E-state index contributed by atoms with van der Waals surface area (Å²) in [6, 6.07) is 17.7. The van der Waals surface area contributed by atoms with E-state index >= 15 is 0 Å². The van der Waals surface area contributed by atoms with Crippen molar-refractivity contribution in [2.24, 2.45) is 0 Å². The first-order chi connectivity index (χ1) is 16.4. The SMILES string of the molecule is CCC(=O)N1CCc2ccc(OCc3ccc(C(=O)NC(C)C)o3)cc2[C@H]1c1cccc(C)c1. The van der Waals surface area contributed by atoms with Crippen molar-refractivity contribution in [1.82, 2.24) is 10.2 Å². The second kappa shape index (κ2) is 10.2. The molecule has 0 bridgehead atoms. The largest absolute Gasteiger partial charge is 0.486 e. The predicted molar refractivity (Wildman–Crippen MR) is 131 cm³/mol. The van der Waals surface area contributed by atoms with E-state index in [2.05, 4.69) is 36.5 Å². The van der Waals surface area contributed by atoms with Gasteiger partial charge in [-0.2, -0.15) is 0 Å². The van der Waals surface area contributed by atoms with Crippen molar-refractivity contribution < 1.29 is 18.7 Å². The molecule has 6 nitrogen and oxygen atoms in total. The van der Waals surface area contributed by atoms with Crippen LogP contribution >= 0.6 is 0 Å². The highest BCUT2D eigenvalue weighted by Crippen LogP contribution is 2.38. The second-order valence-electron chi connectivity index (χ2n) is 9.05. The number of benzene rings is 2. The lowest BCUT2D eigenvalue weighted by atomic mass is 9.87. The number of carbonyl (C=O) groups is 2. The molecular formula is C28H32N2O4. The zero-order chi connectivity index (χ0) is 24.2. The topological polar surface area (TPSA) is 71.8 Å². The third kappa shape index (κ3) is 5.16. The Balaban J connectivity index is 1.58. The molecule has 2 amide bonds. The van der Waals surface area contributed by atoms with Crippen LogP contribution in [-0.2, 0) is 17.8 Å². The minimum atomic E-state index is -0.239. The highest BCUT2D eigenvalue weighted by Gasteiger charge is 2.31. The smallest absolute Gasteiger partial charge is 0.287 e. The Kier molecular flexibility index (Phi) is 7.06. The Morgan fingerprint density at radius 3 is 2.71 bits per heavy atom. The summed E-state index contributed by atoms with van der Waals surface area (Å²) in [7, 11) is 0. The van der Waals surface area contributed by atoms with Gasteiger partial charge < -0.3 is 19.4 Å². The van der Waals surface area contributed by atoms with Gasteiger partial charge >= 0.3 is 0 Å². The van der Waals surface area contributed by atoms with Crippen molar-refractivity contribution in [3.8, 4) is 5.75 Å². The van der Waals surface area contributed by atoms with Crippen molar-refractivity contribution in [3.05, 3.63) is 88.4 Å². The Hall–Kier alpha value is -3.54.